The second kappa shape index (κ2) is 8.79. The molecule has 2 aromatic heterocycles. The summed E-state index contributed by atoms with van der Waals surface area (Å²) in [6, 6.07) is 14.4. The summed E-state index contributed by atoms with van der Waals surface area (Å²) in [5, 5.41) is 7.44. The van der Waals surface area contributed by atoms with E-state index in [0.29, 0.717) is 38.0 Å². The maximum atomic E-state index is 5.79. The lowest BCUT2D eigenvalue weighted by atomic mass is 10.1. The smallest absolute Gasteiger partial charge is 0.168 e. The number of rotatable bonds is 9. The molecule has 1 saturated heterocycles. The fourth-order valence-electron chi connectivity index (χ4n) is 2.83. The van der Waals surface area contributed by atoms with Gasteiger partial charge in [-0.3, -0.25) is 4.98 Å². The fourth-order valence-corrected chi connectivity index (χ4v) is 2.83. The number of nitrogens with zero attached hydrogens (tertiary/aromatic N) is 2. The molecule has 0 saturated carbocycles. The van der Waals surface area contributed by atoms with E-state index in [2.05, 4.69) is 27.6 Å². The van der Waals surface area contributed by atoms with Gasteiger partial charge in [-0.25, -0.2) is 0 Å². The minimum atomic E-state index is 0.446. The first kappa shape index (κ1) is 17.7. The van der Waals surface area contributed by atoms with Crippen molar-refractivity contribution >= 4 is 0 Å². The summed E-state index contributed by atoms with van der Waals surface area (Å²) in [5.41, 5.74) is 2.89. The first-order valence-electron chi connectivity index (χ1n) is 9.26. The van der Waals surface area contributed by atoms with E-state index in [4.69, 9.17) is 14.0 Å². The number of hydrogen-bond donors (Lipinski definition) is 1. The summed E-state index contributed by atoms with van der Waals surface area (Å²) in [5.74, 6) is 1.43. The lowest BCUT2D eigenvalue weighted by Gasteiger charge is -2.27. The first-order valence-corrected chi connectivity index (χ1v) is 9.26. The Morgan fingerprint density at radius 3 is 2.85 bits per heavy atom. The van der Waals surface area contributed by atoms with Gasteiger partial charge in [-0.15, -0.1) is 0 Å². The molecule has 0 unspecified atom stereocenters. The van der Waals surface area contributed by atoms with Crippen LogP contribution in [0.2, 0.25) is 0 Å². The maximum Gasteiger partial charge on any atom is 0.168 e. The van der Waals surface area contributed by atoms with Gasteiger partial charge in [0.25, 0.3) is 0 Å². The van der Waals surface area contributed by atoms with Crippen molar-refractivity contribution in [3.63, 3.8) is 0 Å². The van der Waals surface area contributed by atoms with E-state index in [1.54, 1.807) is 12.4 Å². The number of nitrogens with one attached hydrogen (secondary N) is 1. The van der Waals surface area contributed by atoms with Gasteiger partial charge in [-0.2, -0.15) is 0 Å². The average Bonchev–Trinajstić information content (AvgIpc) is 3.14. The second-order valence-electron chi connectivity index (χ2n) is 6.63. The van der Waals surface area contributed by atoms with E-state index in [1.165, 1.54) is 5.56 Å². The van der Waals surface area contributed by atoms with Crippen molar-refractivity contribution in [2.75, 3.05) is 19.8 Å². The molecule has 1 N–H and O–H groups in total. The first-order chi connectivity index (χ1) is 13.4. The highest BCUT2D eigenvalue weighted by Gasteiger charge is 2.17. The van der Waals surface area contributed by atoms with Gasteiger partial charge in [0.15, 0.2) is 5.76 Å². The van der Waals surface area contributed by atoms with Gasteiger partial charge in [0.05, 0.1) is 25.1 Å². The van der Waals surface area contributed by atoms with E-state index in [0.717, 1.165) is 30.0 Å². The predicted molar refractivity (Wildman–Crippen MR) is 101 cm³/mol. The Balaban J connectivity index is 1.28. The monoisotopic (exact) mass is 365 g/mol. The molecule has 1 atom stereocenters. The number of benzene rings is 1. The van der Waals surface area contributed by atoms with Crippen LogP contribution in [0, 0.1) is 0 Å². The number of pyridine rings is 1. The van der Waals surface area contributed by atoms with Gasteiger partial charge in [-0.05, 0) is 24.6 Å². The molecule has 3 aromatic rings. The van der Waals surface area contributed by atoms with E-state index in [1.807, 2.05) is 30.3 Å². The summed E-state index contributed by atoms with van der Waals surface area (Å²) >= 11 is 0. The molecule has 27 heavy (non-hydrogen) atoms. The number of aromatic nitrogens is 2. The summed E-state index contributed by atoms with van der Waals surface area (Å²) in [4.78, 5) is 4.24. The SMILES string of the molecule is c1ccc(COCCc2cc(-c3cncc(OC[C@@H]4CCN4)c3)on2)cc1. The minimum Gasteiger partial charge on any atom is -0.490 e. The molecular formula is C21H23N3O3. The topological polar surface area (TPSA) is 69.4 Å². The third-order valence-electron chi connectivity index (χ3n) is 4.55. The van der Waals surface area contributed by atoms with E-state index in [-0.39, 0.29) is 0 Å². The third kappa shape index (κ3) is 4.93. The Kier molecular flexibility index (Phi) is 5.76. The van der Waals surface area contributed by atoms with Crippen LogP contribution in [0.4, 0.5) is 0 Å². The van der Waals surface area contributed by atoms with Crippen molar-refractivity contribution in [3.05, 3.63) is 66.1 Å². The van der Waals surface area contributed by atoms with E-state index >= 15 is 0 Å². The zero-order chi connectivity index (χ0) is 18.3. The van der Waals surface area contributed by atoms with Crippen LogP contribution < -0.4 is 10.1 Å². The molecular weight excluding hydrogens is 342 g/mol. The van der Waals surface area contributed by atoms with Crippen LogP contribution in [0.1, 0.15) is 17.7 Å². The van der Waals surface area contributed by atoms with Gasteiger partial charge >= 0.3 is 0 Å². The highest BCUT2D eigenvalue weighted by molar-refractivity contribution is 5.58. The van der Waals surface area contributed by atoms with Gasteiger partial charge < -0.3 is 19.3 Å². The Labute approximate surface area is 158 Å². The van der Waals surface area contributed by atoms with Crippen LogP contribution in [0.3, 0.4) is 0 Å². The average molecular weight is 365 g/mol. The normalized spacial score (nSPS) is 16.1. The van der Waals surface area contributed by atoms with Crippen LogP contribution in [0.15, 0.2) is 59.4 Å². The Morgan fingerprint density at radius 2 is 2.04 bits per heavy atom. The fraction of sp³-hybridized carbons (Fsp3) is 0.333. The van der Waals surface area contributed by atoms with Crippen molar-refractivity contribution in [3.8, 4) is 17.1 Å². The van der Waals surface area contributed by atoms with Crippen LogP contribution in [0.5, 0.6) is 5.75 Å². The van der Waals surface area contributed by atoms with Crippen LogP contribution in [0.25, 0.3) is 11.3 Å². The summed E-state index contributed by atoms with van der Waals surface area (Å²) in [7, 11) is 0. The second-order valence-corrected chi connectivity index (χ2v) is 6.63. The van der Waals surface area contributed by atoms with Crippen LogP contribution >= 0.6 is 0 Å². The third-order valence-corrected chi connectivity index (χ3v) is 4.55. The highest BCUT2D eigenvalue weighted by Crippen LogP contribution is 2.24. The molecule has 3 heterocycles. The highest BCUT2D eigenvalue weighted by atomic mass is 16.5. The van der Waals surface area contributed by atoms with Crippen LogP contribution in [-0.4, -0.2) is 35.9 Å². The molecule has 0 amide bonds. The molecule has 4 rings (SSSR count). The van der Waals surface area contributed by atoms with Crippen molar-refractivity contribution in [1.29, 1.82) is 0 Å². The zero-order valence-corrected chi connectivity index (χ0v) is 15.1. The predicted octanol–water partition coefficient (Wildman–Crippen LogP) is 3.24. The molecule has 1 aliphatic heterocycles. The van der Waals surface area contributed by atoms with Gasteiger partial charge in [0.1, 0.15) is 12.4 Å². The molecule has 140 valence electrons. The van der Waals surface area contributed by atoms with Crippen LogP contribution in [-0.2, 0) is 17.8 Å². The maximum absolute atomic E-state index is 5.79. The summed E-state index contributed by atoms with van der Waals surface area (Å²) < 4.78 is 17.0. The molecule has 6 heteroatoms. The van der Waals surface area contributed by atoms with Crippen molar-refractivity contribution in [2.24, 2.45) is 0 Å². The summed E-state index contributed by atoms with van der Waals surface area (Å²) in [6.07, 6.45) is 5.33. The standard InChI is InChI=1S/C21H23N3O3/c1-2-4-16(5-3-1)14-25-9-7-18-11-21(27-24-18)17-10-20(13-22-12-17)26-15-19-6-8-23-19/h1-5,10-13,19,23H,6-9,14-15H2/t19-/m0/s1. The lowest BCUT2D eigenvalue weighted by Crippen LogP contribution is -2.46. The van der Waals surface area contributed by atoms with Crippen molar-refractivity contribution in [2.45, 2.75) is 25.5 Å². The van der Waals surface area contributed by atoms with Gasteiger partial charge in [0.2, 0.25) is 0 Å². The molecule has 6 nitrogen and oxygen atoms in total. The number of ether oxygens (including phenoxy) is 2. The number of hydrogen-bond acceptors (Lipinski definition) is 6. The molecule has 1 aliphatic rings. The Hall–Kier alpha value is -2.70. The Bertz CT molecular complexity index is 847. The van der Waals surface area contributed by atoms with Gasteiger partial charge in [0, 0.05) is 30.3 Å². The van der Waals surface area contributed by atoms with Crippen molar-refractivity contribution in [1.82, 2.24) is 15.5 Å². The van der Waals surface area contributed by atoms with Crippen molar-refractivity contribution < 1.29 is 14.0 Å². The molecule has 0 aliphatic carbocycles. The minimum absolute atomic E-state index is 0.446. The summed E-state index contributed by atoms with van der Waals surface area (Å²) in [6.45, 7) is 2.93. The molecule has 0 radical (unpaired) electrons. The van der Waals surface area contributed by atoms with E-state index < -0.39 is 0 Å². The Morgan fingerprint density at radius 1 is 1.15 bits per heavy atom. The molecule has 1 aromatic carbocycles. The van der Waals surface area contributed by atoms with Gasteiger partial charge in [-0.1, -0.05) is 35.5 Å². The van der Waals surface area contributed by atoms with E-state index in [9.17, 15) is 0 Å². The zero-order valence-electron chi connectivity index (χ0n) is 15.1. The quantitative estimate of drug-likeness (QED) is 0.587. The largest absolute Gasteiger partial charge is 0.490 e. The molecule has 0 bridgehead atoms. The molecule has 1 fully saturated rings. The lowest BCUT2D eigenvalue weighted by molar-refractivity contribution is 0.122. The molecule has 0 spiro atoms.